The summed E-state index contributed by atoms with van der Waals surface area (Å²) in [5.74, 6) is -5.99. The monoisotopic (exact) mass is 370 g/mol. The Bertz CT molecular complexity index is 1070. The molecule has 0 aliphatic carbocycles. The van der Waals surface area contributed by atoms with Gasteiger partial charge in [-0.05, 0) is 30.7 Å². The summed E-state index contributed by atoms with van der Waals surface area (Å²) in [6.45, 7) is 4.97. The lowest BCUT2D eigenvalue weighted by atomic mass is 10.0. The quantitative estimate of drug-likeness (QED) is 0.715. The second-order valence-corrected chi connectivity index (χ2v) is 5.70. The highest BCUT2D eigenvalue weighted by Crippen LogP contribution is 2.46. The number of nitrogens with two attached hydrogens (primary N) is 1. The Morgan fingerprint density at radius 3 is 2.35 bits per heavy atom. The van der Waals surface area contributed by atoms with Gasteiger partial charge in [-0.3, -0.25) is 9.20 Å². The van der Waals surface area contributed by atoms with Crippen molar-refractivity contribution >= 4 is 28.2 Å². The number of fused-ring (bicyclic) bond motifs is 3. The summed E-state index contributed by atoms with van der Waals surface area (Å²) >= 11 is 0. The number of imidazole rings is 1. The van der Waals surface area contributed by atoms with Crippen LogP contribution in [0.4, 0.5) is 22.0 Å². The molecule has 0 fully saturated rings. The average molecular weight is 370 g/mol. The van der Waals surface area contributed by atoms with Crippen LogP contribution in [0.1, 0.15) is 28.7 Å². The second kappa shape index (κ2) is 5.48. The molecular weight excluding hydrogens is 359 g/mol. The van der Waals surface area contributed by atoms with Crippen molar-refractivity contribution in [2.75, 3.05) is 0 Å². The summed E-state index contributed by atoms with van der Waals surface area (Å²) < 4.78 is 68.1. The first-order chi connectivity index (χ1) is 11.9. The number of halogens is 5. The highest BCUT2D eigenvalue weighted by Gasteiger charge is 2.59. The number of hydrogen-bond donors (Lipinski definition) is 1. The Morgan fingerprint density at radius 2 is 1.81 bits per heavy atom. The van der Waals surface area contributed by atoms with Gasteiger partial charge in [0.2, 0.25) is 0 Å². The van der Waals surface area contributed by atoms with Crippen LogP contribution in [0.25, 0.3) is 22.3 Å². The van der Waals surface area contributed by atoms with Crippen LogP contribution in [0, 0.1) is 0 Å². The van der Waals surface area contributed by atoms with E-state index in [4.69, 9.17) is 5.73 Å². The predicted octanol–water partition coefficient (Wildman–Crippen LogP) is 3.67. The number of carbonyl (C=O) groups is 1. The molecule has 10 heteroatoms. The maximum Gasteiger partial charge on any atom is 0.458 e. The molecule has 0 spiro atoms. The molecule has 3 aromatic rings. The molecule has 0 saturated heterocycles. The molecule has 0 aromatic carbocycles. The number of rotatable bonds is 3. The lowest BCUT2D eigenvalue weighted by Crippen LogP contribution is -2.34. The van der Waals surface area contributed by atoms with Gasteiger partial charge in [-0.15, -0.1) is 0 Å². The van der Waals surface area contributed by atoms with E-state index in [0.717, 1.165) is 16.7 Å². The van der Waals surface area contributed by atoms with Crippen molar-refractivity contribution in [1.82, 2.24) is 14.4 Å². The number of aromatic nitrogens is 3. The van der Waals surface area contributed by atoms with Gasteiger partial charge in [-0.1, -0.05) is 6.58 Å². The molecule has 0 radical (unpaired) electrons. The Morgan fingerprint density at radius 1 is 1.15 bits per heavy atom. The number of carbonyl (C=O) groups excluding carboxylic acids is 1. The number of pyridine rings is 2. The van der Waals surface area contributed by atoms with Crippen molar-refractivity contribution in [3.05, 3.63) is 47.9 Å². The number of alkyl halides is 5. The van der Waals surface area contributed by atoms with Gasteiger partial charge in [0.25, 0.3) is 5.91 Å². The van der Waals surface area contributed by atoms with Gasteiger partial charge in [0.05, 0.1) is 5.69 Å². The van der Waals surface area contributed by atoms with Crippen LogP contribution in [0.5, 0.6) is 0 Å². The summed E-state index contributed by atoms with van der Waals surface area (Å²) in [5, 5.41) is -0.432. The highest BCUT2D eigenvalue weighted by atomic mass is 19.4. The topological polar surface area (TPSA) is 73.3 Å². The summed E-state index contributed by atoms with van der Waals surface area (Å²) in [6, 6.07) is 2.91. The number of primary amides is 1. The molecule has 26 heavy (non-hydrogen) atoms. The molecule has 0 atom stereocenters. The third-order valence-corrected chi connectivity index (χ3v) is 3.78. The van der Waals surface area contributed by atoms with Crippen LogP contribution >= 0.6 is 0 Å². The maximum atomic E-state index is 14.1. The number of amides is 1. The van der Waals surface area contributed by atoms with E-state index < -0.39 is 29.0 Å². The number of allylic oxidation sites excluding steroid dienone is 1. The van der Waals surface area contributed by atoms with E-state index >= 15 is 0 Å². The Balaban J connectivity index is 2.47. The van der Waals surface area contributed by atoms with Crippen molar-refractivity contribution in [3.8, 4) is 0 Å². The van der Waals surface area contributed by atoms with Crippen LogP contribution in [0.2, 0.25) is 0 Å². The summed E-state index contributed by atoms with van der Waals surface area (Å²) in [4.78, 5) is 19.3. The van der Waals surface area contributed by atoms with Crippen molar-refractivity contribution in [2.45, 2.75) is 19.0 Å². The van der Waals surface area contributed by atoms with Crippen LogP contribution in [-0.4, -0.2) is 26.5 Å². The first-order valence-corrected chi connectivity index (χ1v) is 7.17. The zero-order valence-corrected chi connectivity index (χ0v) is 13.2. The molecule has 0 saturated carbocycles. The van der Waals surface area contributed by atoms with E-state index in [-0.39, 0.29) is 28.3 Å². The fourth-order valence-corrected chi connectivity index (χ4v) is 2.48. The van der Waals surface area contributed by atoms with Gasteiger partial charge in [0, 0.05) is 17.1 Å². The lowest BCUT2D eigenvalue weighted by Gasteiger charge is -2.22. The van der Waals surface area contributed by atoms with Crippen LogP contribution in [0.15, 0.2) is 31.0 Å². The van der Waals surface area contributed by atoms with Gasteiger partial charge in [-0.25, -0.2) is 9.97 Å². The second-order valence-electron chi connectivity index (χ2n) is 5.70. The molecule has 136 valence electrons. The van der Waals surface area contributed by atoms with Gasteiger partial charge in [0.15, 0.2) is 0 Å². The van der Waals surface area contributed by atoms with Crippen molar-refractivity contribution in [1.29, 1.82) is 0 Å². The van der Waals surface area contributed by atoms with E-state index in [1.54, 1.807) is 0 Å². The average Bonchev–Trinajstić information content (AvgIpc) is 2.97. The van der Waals surface area contributed by atoms with Gasteiger partial charge in [0.1, 0.15) is 17.0 Å². The Kier molecular flexibility index (Phi) is 3.75. The predicted molar refractivity (Wildman–Crippen MR) is 83.7 cm³/mol. The molecule has 3 heterocycles. The number of nitrogens with zero attached hydrogens (tertiary/aromatic N) is 3. The normalized spacial score (nSPS) is 12.7. The van der Waals surface area contributed by atoms with Gasteiger partial charge >= 0.3 is 12.1 Å². The molecule has 0 aliphatic heterocycles. The minimum absolute atomic E-state index is 0.124. The van der Waals surface area contributed by atoms with Crippen molar-refractivity contribution in [2.24, 2.45) is 5.73 Å². The standard InChI is InChI=1S/C16H11F5N4O/c1-7(2)10-5-9(15(17,18)16(19,20)21)8-3-4-12-23-11(13(22)26)6-25(12)14(8)24-10/h3-6H,1H2,2H3,(H2,22,26). The van der Waals surface area contributed by atoms with E-state index in [9.17, 15) is 26.7 Å². The zero-order valence-electron chi connectivity index (χ0n) is 13.2. The summed E-state index contributed by atoms with van der Waals surface area (Å²) in [5.41, 5.74) is 3.66. The fourth-order valence-electron chi connectivity index (χ4n) is 2.48. The zero-order chi connectivity index (χ0) is 19.4. The SMILES string of the molecule is C=C(C)c1cc(C(F)(F)C(F)(F)F)c2ccc3nc(C(N)=O)cn3c2n1. The molecular formula is C16H11F5N4O. The minimum atomic E-state index is -5.80. The van der Waals surface area contributed by atoms with Crippen LogP contribution in [-0.2, 0) is 5.92 Å². The third-order valence-electron chi connectivity index (χ3n) is 3.78. The maximum absolute atomic E-state index is 14.1. The molecule has 3 rings (SSSR count). The van der Waals surface area contributed by atoms with Crippen LogP contribution in [0.3, 0.4) is 0 Å². The largest absolute Gasteiger partial charge is 0.458 e. The molecule has 3 aromatic heterocycles. The first kappa shape index (κ1) is 17.8. The smallest absolute Gasteiger partial charge is 0.364 e. The Hall–Kier alpha value is -3.04. The van der Waals surface area contributed by atoms with E-state index in [0.29, 0.717) is 6.07 Å². The minimum Gasteiger partial charge on any atom is -0.364 e. The third kappa shape index (κ3) is 2.57. The number of hydrogen-bond acceptors (Lipinski definition) is 3. The first-order valence-electron chi connectivity index (χ1n) is 7.17. The summed E-state index contributed by atoms with van der Waals surface area (Å²) in [7, 11) is 0. The molecule has 0 bridgehead atoms. The van der Waals surface area contributed by atoms with Crippen LogP contribution < -0.4 is 5.73 Å². The van der Waals surface area contributed by atoms with E-state index in [2.05, 4.69) is 16.5 Å². The molecule has 5 nitrogen and oxygen atoms in total. The lowest BCUT2D eigenvalue weighted by molar-refractivity contribution is -0.288. The molecule has 1 amide bonds. The summed E-state index contributed by atoms with van der Waals surface area (Å²) in [6.07, 6.45) is -4.67. The van der Waals surface area contributed by atoms with Crippen molar-refractivity contribution < 1.29 is 26.7 Å². The van der Waals surface area contributed by atoms with Gasteiger partial charge < -0.3 is 5.73 Å². The Labute approximate surface area is 142 Å². The van der Waals surface area contributed by atoms with Crippen molar-refractivity contribution in [3.63, 3.8) is 0 Å². The fraction of sp³-hybridized carbons (Fsp3) is 0.188. The van der Waals surface area contributed by atoms with E-state index in [1.165, 1.54) is 13.0 Å². The molecule has 2 N–H and O–H groups in total. The van der Waals surface area contributed by atoms with E-state index in [1.807, 2.05) is 0 Å². The molecule has 0 aliphatic rings. The van der Waals surface area contributed by atoms with Gasteiger partial charge in [-0.2, -0.15) is 22.0 Å². The molecule has 0 unspecified atom stereocenters. The highest BCUT2D eigenvalue weighted by molar-refractivity contribution is 5.92.